The summed E-state index contributed by atoms with van der Waals surface area (Å²) in [7, 11) is 0. The van der Waals surface area contributed by atoms with Crippen molar-refractivity contribution >= 4 is 28.5 Å². The standard InChI is InChI=1S/C24H19ClFNO2/c1-2-29-24(28)17-9-7-16(8-10-17)21-15-27(23-6-4-3-5-20(21)23)14-18-11-12-19(26)13-22(18)25/h3-13,15H,2,14H2,1H3. The Kier molecular flexibility index (Phi) is 5.36. The van der Waals surface area contributed by atoms with Crippen molar-refractivity contribution in [2.75, 3.05) is 6.61 Å². The monoisotopic (exact) mass is 407 g/mol. The third-order valence-corrected chi connectivity index (χ3v) is 5.20. The molecular formula is C24H19ClFNO2. The van der Waals surface area contributed by atoms with E-state index < -0.39 is 0 Å². The third-order valence-electron chi connectivity index (χ3n) is 4.85. The third kappa shape index (κ3) is 3.89. The summed E-state index contributed by atoms with van der Waals surface area (Å²) in [6.07, 6.45) is 2.06. The van der Waals surface area contributed by atoms with E-state index in [9.17, 15) is 9.18 Å². The zero-order valence-electron chi connectivity index (χ0n) is 15.9. The number of benzene rings is 3. The van der Waals surface area contributed by atoms with Crippen LogP contribution in [0.25, 0.3) is 22.0 Å². The van der Waals surface area contributed by atoms with Gasteiger partial charge in [0.1, 0.15) is 5.82 Å². The average Bonchev–Trinajstić information content (AvgIpc) is 3.09. The summed E-state index contributed by atoms with van der Waals surface area (Å²) in [5, 5.41) is 1.50. The maximum atomic E-state index is 13.4. The number of carbonyl (C=O) groups excluding carboxylic acids is 1. The predicted molar refractivity (Wildman–Crippen MR) is 114 cm³/mol. The van der Waals surface area contributed by atoms with Crippen LogP contribution in [-0.2, 0) is 11.3 Å². The zero-order valence-corrected chi connectivity index (χ0v) is 16.6. The number of hydrogen-bond donors (Lipinski definition) is 0. The highest BCUT2D eigenvalue weighted by molar-refractivity contribution is 6.31. The summed E-state index contributed by atoms with van der Waals surface area (Å²) < 4.78 is 20.5. The molecule has 0 aliphatic rings. The minimum Gasteiger partial charge on any atom is -0.462 e. The Labute approximate surface area is 173 Å². The van der Waals surface area contributed by atoms with Crippen LogP contribution in [-0.4, -0.2) is 17.1 Å². The molecule has 0 spiro atoms. The average molecular weight is 408 g/mol. The summed E-state index contributed by atoms with van der Waals surface area (Å²) in [6.45, 7) is 2.66. The lowest BCUT2D eigenvalue weighted by molar-refractivity contribution is 0.0526. The second-order valence-electron chi connectivity index (χ2n) is 6.72. The first-order chi connectivity index (χ1) is 14.1. The molecular weight excluding hydrogens is 389 g/mol. The second-order valence-corrected chi connectivity index (χ2v) is 7.13. The molecule has 146 valence electrons. The Morgan fingerprint density at radius 2 is 1.83 bits per heavy atom. The van der Waals surface area contributed by atoms with Crippen molar-refractivity contribution in [2.45, 2.75) is 13.5 Å². The molecule has 0 unspecified atom stereocenters. The van der Waals surface area contributed by atoms with E-state index in [0.29, 0.717) is 23.7 Å². The van der Waals surface area contributed by atoms with Gasteiger partial charge in [-0.1, -0.05) is 48.0 Å². The van der Waals surface area contributed by atoms with Crippen LogP contribution >= 0.6 is 11.6 Å². The van der Waals surface area contributed by atoms with Gasteiger partial charge in [0, 0.05) is 34.2 Å². The van der Waals surface area contributed by atoms with Gasteiger partial charge in [0.15, 0.2) is 0 Å². The van der Waals surface area contributed by atoms with Crippen molar-refractivity contribution in [3.8, 4) is 11.1 Å². The summed E-state index contributed by atoms with van der Waals surface area (Å²) in [6, 6.07) is 19.9. The smallest absolute Gasteiger partial charge is 0.338 e. The van der Waals surface area contributed by atoms with Crippen LogP contribution in [0.5, 0.6) is 0 Å². The van der Waals surface area contributed by atoms with Gasteiger partial charge in [-0.3, -0.25) is 0 Å². The van der Waals surface area contributed by atoms with E-state index in [1.54, 1.807) is 25.1 Å². The Morgan fingerprint density at radius 1 is 1.07 bits per heavy atom. The number of carbonyl (C=O) groups is 1. The number of fused-ring (bicyclic) bond motifs is 1. The lowest BCUT2D eigenvalue weighted by Gasteiger charge is -2.07. The highest BCUT2D eigenvalue weighted by Gasteiger charge is 2.13. The van der Waals surface area contributed by atoms with Crippen molar-refractivity contribution in [2.24, 2.45) is 0 Å². The largest absolute Gasteiger partial charge is 0.462 e. The van der Waals surface area contributed by atoms with Crippen LogP contribution in [0.1, 0.15) is 22.8 Å². The molecule has 4 rings (SSSR count). The van der Waals surface area contributed by atoms with Crippen LogP contribution in [0, 0.1) is 5.82 Å². The summed E-state index contributed by atoms with van der Waals surface area (Å²) >= 11 is 6.23. The first-order valence-electron chi connectivity index (χ1n) is 9.36. The van der Waals surface area contributed by atoms with E-state index in [2.05, 4.69) is 16.8 Å². The van der Waals surface area contributed by atoms with Crippen LogP contribution < -0.4 is 0 Å². The van der Waals surface area contributed by atoms with Gasteiger partial charge in [-0.05, 0) is 48.4 Å². The molecule has 0 saturated heterocycles. The number of rotatable bonds is 5. The number of hydrogen-bond acceptors (Lipinski definition) is 2. The molecule has 3 nitrogen and oxygen atoms in total. The number of esters is 1. The SMILES string of the molecule is CCOC(=O)c1ccc(-c2cn(Cc3ccc(F)cc3Cl)c3ccccc23)cc1. The number of halogens is 2. The fraction of sp³-hybridized carbons (Fsp3) is 0.125. The number of para-hydroxylation sites is 1. The molecule has 1 aromatic heterocycles. The number of nitrogens with zero attached hydrogens (tertiary/aromatic N) is 1. The summed E-state index contributed by atoms with van der Waals surface area (Å²) in [5.74, 6) is -0.675. The highest BCUT2D eigenvalue weighted by atomic mass is 35.5. The Morgan fingerprint density at radius 3 is 2.55 bits per heavy atom. The van der Waals surface area contributed by atoms with Gasteiger partial charge >= 0.3 is 5.97 Å². The zero-order chi connectivity index (χ0) is 20.4. The molecule has 0 aliphatic carbocycles. The molecule has 0 amide bonds. The summed E-state index contributed by atoms with van der Waals surface area (Å²) in [4.78, 5) is 11.9. The maximum absolute atomic E-state index is 13.4. The molecule has 29 heavy (non-hydrogen) atoms. The molecule has 3 aromatic carbocycles. The second kappa shape index (κ2) is 8.10. The van der Waals surface area contributed by atoms with Crippen molar-refractivity contribution in [1.82, 2.24) is 4.57 Å². The molecule has 0 N–H and O–H groups in total. The van der Waals surface area contributed by atoms with E-state index in [1.807, 2.05) is 30.3 Å². The minimum absolute atomic E-state index is 0.326. The lowest BCUT2D eigenvalue weighted by atomic mass is 10.0. The molecule has 1 heterocycles. The van der Waals surface area contributed by atoms with E-state index in [-0.39, 0.29) is 11.8 Å². The van der Waals surface area contributed by atoms with Crippen LogP contribution in [0.2, 0.25) is 5.02 Å². The van der Waals surface area contributed by atoms with Gasteiger partial charge < -0.3 is 9.30 Å². The molecule has 5 heteroatoms. The number of ether oxygens (including phenoxy) is 1. The quantitative estimate of drug-likeness (QED) is 0.362. The normalized spacial score (nSPS) is 11.0. The van der Waals surface area contributed by atoms with Gasteiger partial charge in [0.2, 0.25) is 0 Å². The Bertz CT molecular complexity index is 1180. The van der Waals surface area contributed by atoms with E-state index in [4.69, 9.17) is 16.3 Å². The van der Waals surface area contributed by atoms with Gasteiger partial charge in [-0.25, -0.2) is 9.18 Å². The fourth-order valence-corrected chi connectivity index (χ4v) is 3.67. The predicted octanol–water partition coefficient (Wildman–Crippen LogP) is 6.33. The van der Waals surface area contributed by atoms with Crippen molar-refractivity contribution < 1.29 is 13.9 Å². The van der Waals surface area contributed by atoms with E-state index >= 15 is 0 Å². The van der Waals surface area contributed by atoms with Crippen LogP contribution in [0.3, 0.4) is 0 Å². The molecule has 0 atom stereocenters. The van der Waals surface area contributed by atoms with Crippen LogP contribution in [0.4, 0.5) is 4.39 Å². The summed E-state index contributed by atoms with van der Waals surface area (Å²) in [5.41, 5.74) is 4.47. The minimum atomic E-state index is -0.349. The van der Waals surface area contributed by atoms with Gasteiger partial charge in [0.05, 0.1) is 12.2 Å². The Hall–Kier alpha value is -3.11. The topological polar surface area (TPSA) is 31.2 Å². The first-order valence-corrected chi connectivity index (χ1v) is 9.74. The van der Waals surface area contributed by atoms with Gasteiger partial charge in [-0.15, -0.1) is 0 Å². The Balaban J connectivity index is 1.73. The molecule has 0 saturated carbocycles. The lowest BCUT2D eigenvalue weighted by Crippen LogP contribution is -2.03. The van der Waals surface area contributed by atoms with E-state index in [1.165, 1.54) is 12.1 Å². The van der Waals surface area contributed by atoms with Crippen LogP contribution in [0.15, 0.2) is 72.9 Å². The fourth-order valence-electron chi connectivity index (χ4n) is 3.44. The van der Waals surface area contributed by atoms with Gasteiger partial charge in [-0.2, -0.15) is 0 Å². The molecule has 0 fully saturated rings. The van der Waals surface area contributed by atoms with E-state index in [0.717, 1.165) is 27.6 Å². The number of aromatic nitrogens is 1. The molecule has 0 radical (unpaired) electrons. The van der Waals surface area contributed by atoms with Crippen molar-refractivity contribution in [3.63, 3.8) is 0 Å². The highest BCUT2D eigenvalue weighted by Crippen LogP contribution is 2.32. The molecule has 4 aromatic rings. The first kappa shape index (κ1) is 19.2. The van der Waals surface area contributed by atoms with Crippen molar-refractivity contribution in [1.29, 1.82) is 0 Å². The maximum Gasteiger partial charge on any atom is 0.338 e. The van der Waals surface area contributed by atoms with Gasteiger partial charge in [0.25, 0.3) is 0 Å². The molecule has 0 bridgehead atoms. The van der Waals surface area contributed by atoms with Crippen molar-refractivity contribution in [3.05, 3.63) is 94.9 Å². The molecule has 0 aliphatic heterocycles.